The third-order valence-electron chi connectivity index (χ3n) is 3.91. The second-order valence-corrected chi connectivity index (χ2v) is 5.60. The van der Waals surface area contributed by atoms with Crippen molar-refractivity contribution in [1.82, 2.24) is 0 Å². The Hall–Kier alpha value is -3.20. The van der Waals surface area contributed by atoms with Gasteiger partial charge in [-0.1, -0.05) is 18.2 Å². The number of aromatic nitrogens is 1. The predicted molar refractivity (Wildman–Crippen MR) is 88.5 cm³/mol. The summed E-state index contributed by atoms with van der Waals surface area (Å²) >= 11 is 0. The predicted octanol–water partition coefficient (Wildman–Crippen LogP) is 1.27. The number of benzene rings is 2. The van der Waals surface area contributed by atoms with Crippen molar-refractivity contribution in [2.75, 3.05) is 0 Å². The molecule has 3 N–H and O–H groups in total. The number of para-hydroxylation sites is 1. The summed E-state index contributed by atoms with van der Waals surface area (Å²) in [5, 5.41) is 19.8. The van der Waals surface area contributed by atoms with Gasteiger partial charge >= 0.3 is 12.1 Å². The SMILES string of the molecule is C[n+]1c2ccccc2c(C(=O)O)c2cc(CN)ccc21.O=C([O-])C(F)(F)F. The monoisotopic (exact) mass is 380 g/mol. The molecule has 0 aliphatic carbocycles. The number of aliphatic carboxylic acids is 1. The maximum Gasteiger partial charge on any atom is 0.430 e. The molecule has 3 aromatic rings. The molecule has 9 heteroatoms. The zero-order chi connectivity index (χ0) is 20.4. The quantitative estimate of drug-likeness (QED) is 0.514. The van der Waals surface area contributed by atoms with E-state index >= 15 is 0 Å². The molecule has 0 saturated heterocycles. The number of aryl methyl sites for hydroxylation is 1. The molecule has 0 saturated carbocycles. The van der Waals surface area contributed by atoms with Gasteiger partial charge in [-0.3, -0.25) is 0 Å². The van der Waals surface area contributed by atoms with Gasteiger partial charge in [0.2, 0.25) is 11.0 Å². The first-order valence-electron chi connectivity index (χ1n) is 7.62. The number of halogens is 3. The van der Waals surface area contributed by atoms with E-state index in [0.29, 0.717) is 12.1 Å². The van der Waals surface area contributed by atoms with Crippen LogP contribution in [0, 0.1) is 0 Å². The van der Waals surface area contributed by atoms with Crippen molar-refractivity contribution in [3.63, 3.8) is 0 Å². The van der Waals surface area contributed by atoms with Crippen LogP contribution in [0.25, 0.3) is 21.8 Å². The van der Waals surface area contributed by atoms with E-state index in [0.717, 1.165) is 27.4 Å². The molecule has 0 atom stereocenters. The molecule has 0 aliphatic heterocycles. The van der Waals surface area contributed by atoms with Crippen LogP contribution >= 0.6 is 0 Å². The van der Waals surface area contributed by atoms with Crippen LogP contribution < -0.4 is 15.4 Å². The number of hydrogen-bond donors (Lipinski definition) is 2. The summed E-state index contributed by atoms with van der Waals surface area (Å²) < 4.78 is 33.6. The topological polar surface area (TPSA) is 107 Å². The number of carbonyl (C=O) groups excluding carboxylic acids is 1. The third-order valence-corrected chi connectivity index (χ3v) is 3.91. The second-order valence-electron chi connectivity index (χ2n) is 5.60. The molecule has 6 nitrogen and oxygen atoms in total. The van der Waals surface area contributed by atoms with Gasteiger partial charge in [-0.15, -0.1) is 0 Å². The number of carboxylic acid groups (broad SMARTS) is 2. The van der Waals surface area contributed by atoms with Crippen LogP contribution in [0.15, 0.2) is 42.5 Å². The van der Waals surface area contributed by atoms with Crippen molar-refractivity contribution in [2.45, 2.75) is 12.7 Å². The maximum atomic E-state index is 11.7. The first kappa shape index (κ1) is 20.1. The minimum Gasteiger partial charge on any atom is -0.542 e. The van der Waals surface area contributed by atoms with E-state index in [2.05, 4.69) is 0 Å². The Kier molecular flexibility index (Phi) is 5.65. The highest BCUT2D eigenvalue weighted by Crippen LogP contribution is 2.25. The van der Waals surface area contributed by atoms with Gasteiger partial charge in [0.05, 0.1) is 16.3 Å². The number of fused-ring (bicyclic) bond motifs is 2. The van der Waals surface area contributed by atoms with Gasteiger partial charge in [0, 0.05) is 18.7 Å². The Morgan fingerprint density at radius 2 is 1.67 bits per heavy atom. The fraction of sp³-hybridized carbons (Fsp3) is 0.167. The number of nitrogens with zero attached hydrogens (tertiary/aromatic N) is 1. The Morgan fingerprint density at radius 1 is 1.11 bits per heavy atom. The van der Waals surface area contributed by atoms with Gasteiger partial charge < -0.3 is 20.7 Å². The van der Waals surface area contributed by atoms with Gasteiger partial charge in [-0.25, -0.2) is 4.79 Å². The smallest absolute Gasteiger partial charge is 0.430 e. The van der Waals surface area contributed by atoms with Crippen molar-refractivity contribution >= 4 is 33.7 Å². The molecular formula is C18H15F3N2O4. The summed E-state index contributed by atoms with van der Waals surface area (Å²) in [5.41, 5.74) is 8.71. The zero-order valence-electron chi connectivity index (χ0n) is 14.1. The number of hydrogen-bond acceptors (Lipinski definition) is 4. The number of aromatic carboxylic acids is 1. The molecule has 1 heterocycles. The third kappa shape index (κ3) is 4.14. The minimum atomic E-state index is -5.19. The summed E-state index contributed by atoms with van der Waals surface area (Å²) in [6.45, 7) is 0.394. The van der Waals surface area contributed by atoms with Gasteiger partial charge in [-0.2, -0.15) is 17.7 Å². The molecule has 0 fully saturated rings. The van der Waals surface area contributed by atoms with Gasteiger partial charge in [-0.05, 0) is 17.7 Å². The van der Waals surface area contributed by atoms with Crippen LogP contribution in [0.1, 0.15) is 15.9 Å². The molecule has 0 radical (unpaired) electrons. The molecular weight excluding hydrogens is 365 g/mol. The Labute approximate surface area is 151 Å². The van der Waals surface area contributed by atoms with E-state index in [-0.39, 0.29) is 0 Å². The minimum absolute atomic E-state index is 0.337. The van der Waals surface area contributed by atoms with Gasteiger partial charge in [0.1, 0.15) is 13.0 Å². The second kappa shape index (κ2) is 7.58. The Bertz CT molecular complexity index is 1030. The van der Waals surface area contributed by atoms with Crippen LogP contribution in [0.5, 0.6) is 0 Å². The molecule has 0 bridgehead atoms. The summed E-state index contributed by atoms with van der Waals surface area (Å²) in [4.78, 5) is 20.5. The molecule has 142 valence electrons. The van der Waals surface area contributed by atoms with Crippen LogP contribution in [-0.4, -0.2) is 23.2 Å². The highest BCUT2D eigenvalue weighted by atomic mass is 19.4. The number of pyridine rings is 1. The van der Waals surface area contributed by atoms with Crippen molar-refractivity contribution in [1.29, 1.82) is 0 Å². The van der Waals surface area contributed by atoms with Crippen LogP contribution in [0.4, 0.5) is 13.2 Å². The average molecular weight is 380 g/mol. The number of carbonyl (C=O) groups is 2. The standard InChI is InChI=1S/C16H14N2O2.C2HF3O2/c1-18-13-5-3-2-4-11(13)15(16(19)20)12-8-10(9-17)6-7-14(12)18;3-2(4,5)1(6)7/h2-8H,9,17H2,1H3;(H,6,7). The molecule has 0 unspecified atom stereocenters. The largest absolute Gasteiger partial charge is 0.542 e. The average Bonchev–Trinajstić information content (AvgIpc) is 2.61. The van der Waals surface area contributed by atoms with Crippen LogP contribution in [0.3, 0.4) is 0 Å². The molecule has 27 heavy (non-hydrogen) atoms. The number of rotatable bonds is 2. The van der Waals surface area contributed by atoms with Gasteiger partial charge in [0.15, 0.2) is 0 Å². The van der Waals surface area contributed by atoms with E-state index in [1.54, 1.807) is 0 Å². The number of carboxylic acids is 2. The number of nitrogens with two attached hydrogens (primary N) is 1. The Balaban J connectivity index is 0.000000321. The summed E-state index contributed by atoms with van der Waals surface area (Å²) in [5.74, 6) is -3.92. The normalized spacial score (nSPS) is 11.1. The first-order valence-corrected chi connectivity index (χ1v) is 7.62. The number of alkyl halides is 3. The molecule has 2 aromatic carbocycles. The molecule has 0 amide bonds. The molecule has 0 spiro atoms. The molecule has 0 aliphatic rings. The van der Waals surface area contributed by atoms with Crippen molar-refractivity contribution < 1.29 is 37.5 Å². The lowest BCUT2D eigenvalue weighted by molar-refractivity contribution is -0.617. The summed E-state index contributed by atoms with van der Waals surface area (Å²) in [6.07, 6.45) is -5.19. The molecule has 1 aromatic heterocycles. The highest BCUT2D eigenvalue weighted by molar-refractivity contribution is 6.12. The highest BCUT2D eigenvalue weighted by Gasteiger charge is 2.28. The van der Waals surface area contributed by atoms with E-state index < -0.39 is 18.1 Å². The lowest BCUT2D eigenvalue weighted by atomic mass is 10.0. The van der Waals surface area contributed by atoms with Crippen LogP contribution in [-0.2, 0) is 18.4 Å². The van der Waals surface area contributed by atoms with E-state index in [9.17, 15) is 23.1 Å². The fourth-order valence-electron chi connectivity index (χ4n) is 2.69. The fourth-order valence-corrected chi connectivity index (χ4v) is 2.69. The van der Waals surface area contributed by atoms with E-state index in [1.807, 2.05) is 54.1 Å². The van der Waals surface area contributed by atoms with Crippen LogP contribution in [0.2, 0.25) is 0 Å². The zero-order valence-corrected chi connectivity index (χ0v) is 14.1. The maximum absolute atomic E-state index is 11.7. The van der Waals surface area contributed by atoms with E-state index in [4.69, 9.17) is 15.6 Å². The van der Waals surface area contributed by atoms with Gasteiger partial charge in [0.25, 0.3) is 0 Å². The van der Waals surface area contributed by atoms with E-state index in [1.165, 1.54) is 0 Å². The van der Waals surface area contributed by atoms with Crippen molar-refractivity contribution in [3.05, 3.63) is 53.6 Å². The summed E-state index contributed by atoms with van der Waals surface area (Å²) in [7, 11) is 1.94. The lowest BCUT2D eigenvalue weighted by Crippen LogP contribution is -2.37. The molecule has 3 rings (SSSR count). The van der Waals surface area contributed by atoms with Crippen molar-refractivity contribution in [2.24, 2.45) is 12.8 Å². The first-order chi connectivity index (χ1) is 12.6. The van der Waals surface area contributed by atoms with Crippen molar-refractivity contribution in [3.8, 4) is 0 Å². The lowest BCUT2D eigenvalue weighted by Gasteiger charge is -2.08. The Morgan fingerprint density at radius 3 is 2.19 bits per heavy atom. The summed E-state index contributed by atoms with van der Waals surface area (Å²) in [6, 6.07) is 13.3.